The number of aldehydes is 1. The lowest BCUT2D eigenvalue weighted by molar-refractivity contribution is -0.258. The zero-order chi connectivity index (χ0) is 17.3. The Morgan fingerprint density at radius 2 is 1.83 bits per heavy atom. The standard InChI is InChI=1S/C17H16F3NO2/c1-3-11-8-14(10-22)21-9-15(11)12-4-6-13(7-5-12)16(2,23)17(18,19)20/h4-10,23H,3H2,1-2H3. The molecule has 3 nitrogen and oxygen atoms in total. The topological polar surface area (TPSA) is 50.2 Å². The van der Waals surface area contributed by atoms with Gasteiger partial charge in [0.05, 0.1) is 0 Å². The summed E-state index contributed by atoms with van der Waals surface area (Å²) in [5.41, 5.74) is -0.535. The summed E-state index contributed by atoms with van der Waals surface area (Å²) in [5.74, 6) is 0. The Morgan fingerprint density at radius 1 is 1.22 bits per heavy atom. The molecule has 6 heteroatoms. The molecule has 2 aromatic rings. The zero-order valence-corrected chi connectivity index (χ0v) is 12.7. The lowest BCUT2D eigenvalue weighted by atomic mass is 9.92. The number of benzene rings is 1. The Bertz CT molecular complexity index is 707. The molecule has 0 bridgehead atoms. The van der Waals surface area contributed by atoms with Gasteiger partial charge < -0.3 is 5.11 Å². The second-order valence-electron chi connectivity index (χ2n) is 5.39. The molecule has 0 aliphatic heterocycles. The van der Waals surface area contributed by atoms with Gasteiger partial charge in [-0.15, -0.1) is 0 Å². The average molecular weight is 323 g/mol. The van der Waals surface area contributed by atoms with Crippen LogP contribution in [0.25, 0.3) is 11.1 Å². The van der Waals surface area contributed by atoms with Crippen molar-refractivity contribution in [3.8, 4) is 11.1 Å². The number of carbonyl (C=O) groups excluding carboxylic acids is 1. The molecule has 1 N–H and O–H groups in total. The van der Waals surface area contributed by atoms with E-state index in [9.17, 15) is 23.1 Å². The van der Waals surface area contributed by atoms with E-state index in [0.717, 1.165) is 18.1 Å². The number of carbonyl (C=O) groups is 1. The number of hydrogen-bond acceptors (Lipinski definition) is 3. The zero-order valence-electron chi connectivity index (χ0n) is 12.7. The van der Waals surface area contributed by atoms with Crippen molar-refractivity contribution in [2.24, 2.45) is 0 Å². The summed E-state index contributed by atoms with van der Waals surface area (Å²) in [6, 6.07) is 7.16. The molecule has 2 rings (SSSR count). The van der Waals surface area contributed by atoms with E-state index in [1.807, 2.05) is 6.92 Å². The van der Waals surface area contributed by atoms with E-state index in [4.69, 9.17) is 0 Å². The van der Waals surface area contributed by atoms with Gasteiger partial charge in [-0.25, -0.2) is 0 Å². The van der Waals surface area contributed by atoms with E-state index in [-0.39, 0.29) is 5.56 Å². The monoisotopic (exact) mass is 323 g/mol. The van der Waals surface area contributed by atoms with Crippen LogP contribution in [0.4, 0.5) is 13.2 Å². The number of aryl methyl sites for hydroxylation is 1. The Labute approximate surface area is 131 Å². The largest absolute Gasteiger partial charge is 0.421 e. The highest BCUT2D eigenvalue weighted by atomic mass is 19.4. The van der Waals surface area contributed by atoms with Gasteiger partial charge in [0, 0.05) is 11.8 Å². The number of halogens is 3. The summed E-state index contributed by atoms with van der Waals surface area (Å²) in [7, 11) is 0. The van der Waals surface area contributed by atoms with Gasteiger partial charge in [-0.1, -0.05) is 31.2 Å². The summed E-state index contributed by atoms with van der Waals surface area (Å²) >= 11 is 0. The van der Waals surface area contributed by atoms with E-state index in [0.29, 0.717) is 24.0 Å². The van der Waals surface area contributed by atoms with Crippen LogP contribution in [0, 0.1) is 0 Å². The smallest absolute Gasteiger partial charge is 0.376 e. The predicted molar refractivity (Wildman–Crippen MR) is 80.1 cm³/mol. The van der Waals surface area contributed by atoms with Crippen LogP contribution in [-0.4, -0.2) is 22.6 Å². The Balaban J connectivity index is 2.43. The summed E-state index contributed by atoms with van der Waals surface area (Å²) in [6.45, 7) is 2.64. The summed E-state index contributed by atoms with van der Waals surface area (Å²) in [5, 5.41) is 9.68. The van der Waals surface area contributed by atoms with Crippen molar-refractivity contribution in [2.45, 2.75) is 32.0 Å². The van der Waals surface area contributed by atoms with Gasteiger partial charge in [0.15, 0.2) is 11.9 Å². The molecule has 0 spiro atoms. The first-order valence-electron chi connectivity index (χ1n) is 7.04. The van der Waals surface area contributed by atoms with Crippen LogP contribution in [-0.2, 0) is 12.0 Å². The van der Waals surface area contributed by atoms with E-state index in [1.54, 1.807) is 6.07 Å². The Kier molecular flexibility index (Phi) is 4.56. The molecule has 1 heterocycles. The lowest BCUT2D eigenvalue weighted by Gasteiger charge is -2.26. The van der Waals surface area contributed by atoms with Gasteiger partial charge >= 0.3 is 6.18 Å². The molecule has 1 aromatic heterocycles. The van der Waals surface area contributed by atoms with Gasteiger partial charge in [-0.3, -0.25) is 9.78 Å². The second kappa shape index (κ2) is 6.12. The van der Waals surface area contributed by atoms with Crippen LogP contribution >= 0.6 is 0 Å². The number of hydrogen-bond donors (Lipinski definition) is 1. The molecule has 23 heavy (non-hydrogen) atoms. The minimum absolute atomic E-state index is 0.232. The molecule has 0 radical (unpaired) electrons. The first kappa shape index (κ1) is 17.1. The highest BCUT2D eigenvalue weighted by molar-refractivity contribution is 5.75. The van der Waals surface area contributed by atoms with E-state index < -0.39 is 11.8 Å². The van der Waals surface area contributed by atoms with Gasteiger partial charge in [0.2, 0.25) is 0 Å². The molecular formula is C17H16F3NO2. The van der Waals surface area contributed by atoms with Crippen molar-refractivity contribution in [2.75, 3.05) is 0 Å². The molecule has 0 amide bonds. The van der Waals surface area contributed by atoms with Gasteiger partial charge in [-0.05, 0) is 36.1 Å². The highest BCUT2D eigenvalue weighted by Crippen LogP contribution is 2.39. The Hall–Kier alpha value is -2.21. The van der Waals surface area contributed by atoms with Gasteiger partial charge in [0.1, 0.15) is 5.69 Å². The minimum atomic E-state index is -4.75. The maximum atomic E-state index is 12.9. The van der Waals surface area contributed by atoms with Crippen LogP contribution < -0.4 is 0 Å². The van der Waals surface area contributed by atoms with Gasteiger partial charge in [0.25, 0.3) is 0 Å². The molecule has 122 valence electrons. The fourth-order valence-electron chi connectivity index (χ4n) is 2.27. The fourth-order valence-corrected chi connectivity index (χ4v) is 2.27. The quantitative estimate of drug-likeness (QED) is 0.868. The number of aromatic nitrogens is 1. The van der Waals surface area contributed by atoms with E-state index in [2.05, 4.69) is 4.98 Å². The highest BCUT2D eigenvalue weighted by Gasteiger charge is 2.51. The van der Waals surface area contributed by atoms with Crippen LogP contribution in [0.1, 0.15) is 35.5 Å². The van der Waals surface area contributed by atoms with Crippen molar-refractivity contribution in [1.82, 2.24) is 4.98 Å². The fraction of sp³-hybridized carbons (Fsp3) is 0.294. The maximum Gasteiger partial charge on any atom is 0.421 e. The van der Waals surface area contributed by atoms with Crippen LogP contribution in [0.5, 0.6) is 0 Å². The number of nitrogens with zero attached hydrogens (tertiary/aromatic N) is 1. The van der Waals surface area contributed by atoms with Crippen molar-refractivity contribution >= 4 is 6.29 Å². The predicted octanol–water partition coefficient (Wildman–Crippen LogP) is 3.89. The molecule has 1 aromatic carbocycles. The minimum Gasteiger partial charge on any atom is -0.376 e. The summed E-state index contributed by atoms with van der Waals surface area (Å²) in [4.78, 5) is 14.8. The molecule has 0 saturated carbocycles. The van der Waals surface area contributed by atoms with E-state index >= 15 is 0 Å². The molecule has 0 aliphatic rings. The molecular weight excluding hydrogens is 307 g/mol. The third kappa shape index (κ3) is 3.27. The number of pyridine rings is 1. The molecule has 1 unspecified atom stereocenters. The van der Waals surface area contributed by atoms with Gasteiger partial charge in [-0.2, -0.15) is 13.2 Å². The van der Waals surface area contributed by atoms with Crippen LogP contribution in [0.2, 0.25) is 0 Å². The molecule has 1 atom stereocenters. The molecule has 0 aliphatic carbocycles. The maximum absolute atomic E-state index is 12.9. The first-order valence-corrected chi connectivity index (χ1v) is 7.04. The second-order valence-corrected chi connectivity index (χ2v) is 5.39. The third-order valence-electron chi connectivity index (χ3n) is 3.82. The van der Waals surface area contributed by atoms with Crippen molar-refractivity contribution in [3.05, 3.63) is 53.3 Å². The van der Waals surface area contributed by atoms with E-state index in [1.165, 1.54) is 30.5 Å². The number of alkyl halides is 3. The average Bonchev–Trinajstić information content (AvgIpc) is 2.53. The summed E-state index contributed by atoms with van der Waals surface area (Å²) < 4.78 is 38.6. The van der Waals surface area contributed by atoms with Crippen molar-refractivity contribution in [1.29, 1.82) is 0 Å². The van der Waals surface area contributed by atoms with Crippen molar-refractivity contribution in [3.63, 3.8) is 0 Å². The number of aliphatic hydroxyl groups is 1. The van der Waals surface area contributed by atoms with Crippen LogP contribution in [0.3, 0.4) is 0 Å². The van der Waals surface area contributed by atoms with Crippen LogP contribution in [0.15, 0.2) is 36.5 Å². The molecule has 0 fully saturated rings. The van der Waals surface area contributed by atoms with Crippen molar-refractivity contribution < 1.29 is 23.1 Å². The Morgan fingerprint density at radius 3 is 2.30 bits per heavy atom. The first-order chi connectivity index (χ1) is 10.7. The third-order valence-corrected chi connectivity index (χ3v) is 3.82. The molecule has 0 saturated heterocycles. The summed E-state index contributed by atoms with van der Waals surface area (Å²) in [6.07, 6.45) is -1.93. The normalized spacial score (nSPS) is 14.3. The lowest BCUT2D eigenvalue weighted by Crippen LogP contribution is -2.39. The SMILES string of the molecule is CCc1cc(C=O)ncc1-c1ccc(C(C)(O)C(F)(F)F)cc1. The number of rotatable bonds is 4.